The molecule has 0 saturated carbocycles. The molecule has 6 heteroatoms. The highest BCUT2D eigenvalue weighted by molar-refractivity contribution is 7.21. The zero-order chi connectivity index (χ0) is 18.6. The molecule has 0 amide bonds. The Morgan fingerprint density at radius 1 is 1.07 bits per heavy atom. The molecule has 0 bridgehead atoms. The molecule has 4 aromatic rings. The molecule has 0 aliphatic rings. The molecule has 27 heavy (non-hydrogen) atoms. The Morgan fingerprint density at radius 3 is 2.63 bits per heavy atom. The third-order valence-corrected chi connectivity index (χ3v) is 5.06. The van der Waals surface area contributed by atoms with Crippen LogP contribution in [0.25, 0.3) is 10.1 Å². The van der Waals surface area contributed by atoms with Gasteiger partial charge in [-0.05, 0) is 36.4 Å². The van der Waals surface area contributed by atoms with Gasteiger partial charge in [-0.15, -0.1) is 11.3 Å². The standard InChI is InChI=1S/C21H16N2O3S/c1-23(15-8-3-2-4-9-15)22-14-19-20(16-10-5-6-12-18(16)27-19)26-21(24)17-11-7-13-25-17/h2-14H,1H3. The van der Waals surface area contributed by atoms with Crippen LogP contribution in [0.3, 0.4) is 0 Å². The summed E-state index contributed by atoms with van der Waals surface area (Å²) in [5.41, 5.74) is 0.962. The number of hydrazone groups is 1. The number of hydrogen-bond acceptors (Lipinski definition) is 6. The summed E-state index contributed by atoms with van der Waals surface area (Å²) in [5, 5.41) is 7.13. The van der Waals surface area contributed by atoms with E-state index in [0.717, 1.165) is 20.7 Å². The smallest absolute Gasteiger partial charge is 0.379 e. The number of para-hydroxylation sites is 1. The first kappa shape index (κ1) is 17.1. The van der Waals surface area contributed by atoms with Gasteiger partial charge in [0.25, 0.3) is 0 Å². The largest absolute Gasteiger partial charge is 0.457 e. The summed E-state index contributed by atoms with van der Waals surface area (Å²) < 4.78 is 11.8. The molecule has 2 heterocycles. The van der Waals surface area contributed by atoms with Crippen molar-refractivity contribution < 1.29 is 13.9 Å². The molecule has 5 nitrogen and oxygen atoms in total. The molecule has 4 rings (SSSR count). The number of benzene rings is 2. The van der Waals surface area contributed by atoms with Crippen LogP contribution in [0.1, 0.15) is 15.4 Å². The van der Waals surface area contributed by atoms with Gasteiger partial charge in [0.2, 0.25) is 5.76 Å². The average molecular weight is 376 g/mol. The van der Waals surface area contributed by atoms with Crippen LogP contribution in [0.2, 0.25) is 0 Å². The van der Waals surface area contributed by atoms with Crippen molar-refractivity contribution in [3.05, 3.63) is 83.6 Å². The number of furan rings is 1. The van der Waals surface area contributed by atoms with E-state index in [1.54, 1.807) is 23.4 Å². The lowest BCUT2D eigenvalue weighted by atomic mass is 10.2. The number of thiophene rings is 1. The van der Waals surface area contributed by atoms with Crippen molar-refractivity contribution in [3.8, 4) is 5.75 Å². The predicted octanol–water partition coefficient (Wildman–Crippen LogP) is 5.18. The summed E-state index contributed by atoms with van der Waals surface area (Å²) >= 11 is 1.52. The van der Waals surface area contributed by atoms with Crippen molar-refractivity contribution in [2.24, 2.45) is 5.10 Å². The van der Waals surface area contributed by atoms with E-state index in [1.165, 1.54) is 17.6 Å². The van der Waals surface area contributed by atoms with Crippen LogP contribution in [0.5, 0.6) is 5.75 Å². The van der Waals surface area contributed by atoms with Gasteiger partial charge in [0.15, 0.2) is 5.75 Å². The molecule has 134 valence electrons. The lowest BCUT2D eigenvalue weighted by Gasteiger charge is -2.12. The molecule has 0 aliphatic carbocycles. The van der Waals surface area contributed by atoms with Gasteiger partial charge in [-0.3, -0.25) is 5.01 Å². The van der Waals surface area contributed by atoms with Crippen molar-refractivity contribution in [1.82, 2.24) is 0 Å². The van der Waals surface area contributed by atoms with Crippen LogP contribution in [0.4, 0.5) is 5.69 Å². The van der Waals surface area contributed by atoms with Crippen LogP contribution in [0.15, 0.2) is 82.5 Å². The molecule has 0 saturated heterocycles. The van der Waals surface area contributed by atoms with Gasteiger partial charge >= 0.3 is 5.97 Å². The Morgan fingerprint density at radius 2 is 1.85 bits per heavy atom. The van der Waals surface area contributed by atoms with Crippen LogP contribution in [-0.4, -0.2) is 19.2 Å². The van der Waals surface area contributed by atoms with E-state index in [0.29, 0.717) is 5.75 Å². The van der Waals surface area contributed by atoms with E-state index in [4.69, 9.17) is 9.15 Å². The van der Waals surface area contributed by atoms with Gasteiger partial charge in [0.05, 0.1) is 23.0 Å². The minimum Gasteiger partial charge on any atom is -0.457 e. The summed E-state index contributed by atoms with van der Waals surface area (Å²) in [7, 11) is 1.87. The van der Waals surface area contributed by atoms with Crippen molar-refractivity contribution in [1.29, 1.82) is 0 Å². The van der Waals surface area contributed by atoms with Crippen LogP contribution >= 0.6 is 11.3 Å². The lowest BCUT2D eigenvalue weighted by molar-refractivity contribution is 0.0704. The van der Waals surface area contributed by atoms with Crippen molar-refractivity contribution >= 4 is 39.3 Å². The fraction of sp³-hybridized carbons (Fsp3) is 0.0476. The SMILES string of the molecule is CN(N=Cc1sc2ccccc2c1OC(=O)c1ccco1)c1ccccc1. The topological polar surface area (TPSA) is 55.0 Å². The van der Waals surface area contributed by atoms with Gasteiger partial charge in [-0.2, -0.15) is 5.10 Å². The minimum atomic E-state index is -0.533. The maximum absolute atomic E-state index is 12.4. The Balaban J connectivity index is 1.67. The summed E-state index contributed by atoms with van der Waals surface area (Å²) in [4.78, 5) is 13.1. The molecule has 0 spiro atoms. The highest BCUT2D eigenvalue weighted by Crippen LogP contribution is 2.37. The quantitative estimate of drug-likeness (QED) is 0.273. The van der Waals surface area contributed by atoms with Gasteiger partial charge in [0.1, 0.15) is 0 Å². The number of rotatable bonds is 5. The molecule has 2 aromatic carbocycles. The zero-order valence-electron chi connectivity index (χ0n) is 14.5. The number of esters is 1. The van der Waals surface area contributed by atoms with Gasteiger partial charge in [-0.25, -0.2) is 4.79 Å². The second-order valence-corrected chi connectivity index (χ2v) is 6.85. The molecule has 0 fully saturated rings. The second-order valence-electron chi connectivity index (χ2n) is 5.76. The maximum Gasteiger partial charge on any atom is 0.379 e. The zero-order valence-corrected chi connectivity index (χ0v) is 15.3. The summed E-state index contributed by atoms with van der Waals surface area (Å²) in [6.45, 7) is 0. The summed E-state index contributed by atoms with van der Waals surface area (Å²) in [6, 6.07) is 20.8. The molecule has 0 unspecified atom stereocenters. The molecular weight excluding hydrogens is 360 g/mol. The normalized spacial score (nSPS) is 11.1. The van der Waals surface area contributed by atoms with E-state index in [9.17, 15) is 4.79 Å². The molecule has 2 aromatic heterocycles. The number of nitrogens with zero attached hydrogens (tertiary/aromatic N) is 2. The maximum atomic E-state index is 12.4. The first-order valence-electron chi connectivity index (χ1n) is 8.32. The Kier molecular flexibility index (Phi) is 4.72. The third-order valence-electron chi connectivity index (χ3n) is 3.97. The fourth-order valence-corrected chi connectivity index (χ4v) is 3.62. The molecule has 0 aliphatic heterocycles. The third kappa shape index (κ3) is 3.61. The van der Waals surface area contributed by atoms with Crippen LogP contribution < -0.4 is 9.75 Å². The van der Waals surface area contributed by atoms with Crippen LogP contribution in [-0.2, 0) is 0 Å². The Labute approximate surface area is 160 Å². The first-order valence-corrected chi connectivity index (χ1v) is 9.14. The lowest BCUT2D eigenvalue weighted by Crippen LogP contribution is -2.10. The summed E-state index contributed by atoms with van der Waals surface area (Å²) in [5.74, 6) is 0.117. The van der Waals surface area contributed by atoms with Crippen molar-refractivity contribution in [3.63, 3.8) is 0 Å². The minimum absolute atomic E-state index is 0.162. The van der Waals surface area contributed by atoms with Crippen molar-refractivity contribution in [2.75, 3.05) is 12.1 Å². The number of anilines is 1. The Bertz CT molecular complexity index is 1090. The highest BCUT2D eigenvalue weighted by atomic mass is 32.1. The van der Waals surface area contributed by atoms with Gasteiger partial charge in [-0.1, -0.05) is 30.3 Å². The van der Waals surface area contributed by atoms with E-state index in [1.807, 2.05) is 61.6 Å². The van der Waals surface area contributed by atoms with E-state index < -0.39 is 5.97 Å². The fourth-order valence-electron chi connectivity index (χ4n) is 2.62. The average Bonchev–Trinajstić information content (AvgIpc) is 3.35. The monoisotopic (exact) mass is 376 g/mol. The van der Waals surface area contributed by atoms with E-state index >= 15 is 0 Å². The molecule has 0 N–H and O–H groups in total. The molecule has 0 atom stereocenters. The van der Waals surface area contributed by atoms with E-state index in [-0.39, 0.29) is 5.76 Å². The number of carbonyl (C=O) groups excluding carboxylic acids is 1. The highest BCUT2D eigenvalue weighted by Gasteiger charge is 2.18. The number of carbonyl (C=O) groups is 1. The van der Waals surface area contributed by atoms with Gasteiger partial charge < -0.3 is 9.15 Å². The number of fused-ring (bicyclic) bond motifs is 1. The van der Waals surface area contributed by atoms with E-state index in [2.05, 4.69) is 5.10 Å². The summed E-state index contributed by atoms with van der Waals surface area (Å²) in [6.07, 6.45) is 3.15. The first-order chi connectivity index (χ1) is 13.2. The molecular formula is C21H16N2O3S. The predicted molar refractivity (Wildman–Crippen MR) is 108 cm³/mol. The molecule has 0 radical (unpaired) electrons. The Hall–Kier alpha value is -3.38. The number of ether oxygens (including phenoxy) is 1. The van der Waals surface area contributed by atoms with Crippen molar-refractivity contribution in [2.45, 2.75) is 0 Å². The van der Waals surface area contributed by atoms with Crippen LogP contribution in [0, 0.1) is 0 Å². The second kappa shape index (κ2) is 7.47. The number of hydrogen-bond donors (Lipinski definition) is 0. The van der Waals surface area contributed by atoms with Gasteiger partial charge in [0, 0.05) is 17.1 Å².